The lowest BCUT2D eigenvalue weighted by molar-refractivity contribution is -0.163. The van der Waals surface area contributed by atoms with Crippen molar-refractivity contribution < 1.29 is 24.6 Å². The topological polar surface area (TPSA) is 154 Å². The van der Waals surface area contributed by atoms with Crippen LogP contribution < -0.4 is 5.73 Å². The van der Waals surface area contributed by atoms with Gasteiger partial charge >= 0.3 is 5.97 Å². The summed E-state index contributed by atoms with van der Waals surface area (Å²) < 4.78 is 0. The molecule has 4 heterocycles. The van der Waals surface area contributed by atoms with Crippen molar-refractivity contribution in [2.45, 2.75) is 43.7 Å². The molecule has 2 amide bonds. The summed E-state index contributed by atoms with van der Waals surface area (Å²) in [4.78, 5) is 45.3. The van der Waals surface area contributed by atoms with Gasteiger partial charge in [-0.3, -0.25) is 19.9 Å². The number of guanidine groups is 1. The third-order valence-corrected chi connectivity index (χ3v) is 8.83. The number of aliphatic carboxylic acids is 1. The number of likely N-dealkylation sites (N-methyl/N-ethyl adjacent to an activating group) is 1. The molecule has 12 heteroatoms. The van der Waals surface area contributed by atoms with Gasteiger partial charge in [0, 0.05) is 48.8 Å². The lowest BCUT2D eigenvalue weighted by Crippen LogP contribution is -2.63. The molecule has 182 valence electrons. The van der Waals surface area contributed by atoms with Gasteiger partial charge in [-0.1, -0.05) is 6.92 Å². The Morgan fingerprint density at radius 3 is 2.36 bits per heavy atom. The molecule has 4 aliphatic heterocycles. The number of aliphatic hydroxyl groups is 1. The number of aliphatic hydroxyl groups excluding tert-OH is 1. The Hall–Kier alpha value is -2.31. The summed E-state index contributed by atoms with van der Waals surface area (Å²) >= 11 is 1.46. The standard InChI is InChI=1S/C21H32N6O5S/c1-10-15-14(11(2)28)19(30)27(15)16(20(31)32)17(10)33-12-8-13(24(3)9-12)18(29)25-4-6-26(7-5-25)21(22)23/h10-15,28H,4-9H2,1-3H3,(H3,22,23)(H,31,32)/t10-,11?,12+,13+,14-,15-/m1/s1. The zero-order chi connectivity index (χ0) is 24.2. The maximum absolute atomic E-state index is 13.2. The normalized spacial score (nSPS) is 33.3. The molecule has 0 aromatic rings. The second kappa shape index (κ2) is 8.80. The van der Waals surface area contributed by atoms with Crippen LogP contribution in [0.15, 0.2) is 10.6 Å². The third-order valence-electron chi connectivity index (χ3n) is 7.33. The van der Waals surface area contributed by atoms with Crippen LogP contribution in [0.1, 0.15) is 20.3 Å². The van der Waals surface area contributed by atoms with Crippen LogP contribution in [-0.4, -0.2) is 117 Å². The molecule has 6 atom stereocenters. The summed E-state index contributed by atoms with van der Waals surface area (Å²) in [7, 11) is 1.90. The summed E-state index contributed by atoms with van der Waals surface area (Å²) in [6.07, 6.45) is -0.238. The number of amides is 2. The molecule has 4 rings (SSSR count). The van der Waals surface area contributed by atoms with E-state index in [4.69, 9.17) is 11.1 Å². The average molecular weight is 481 g/mol. The van der Waals surface area contributed by atoms with E-state index in [9.17, 15) is 24.6 Å². The summed E-state index contributed by atoms with van der Waals surface area (Å²) in [6.45, 7) is 6.23. The molecule has 0 aromatic carbocycles. The fourth-order valence-electron chi connectivity index (χ4n) is 5.56. The van der Waals surface area contributed by atoms with Crippen LogP contribution in [0.5, 0.6) is 0 Å². The number of thioether (sulfide) groups is 1. The van der Waals surface area contributed by atoms with Crippen molar-refractivity contribution in [2.75, 3.05) is 39.8 Å². The van der Waals surface area contributed by atoms with Gasteiger partial charge < -0.3 is 30.6 Å². The highest BCUT2D eigenvalue weighted by molar-refractivity contribution is 8.03. The van der Waals surface area contributed by atoms with Crippen molar-refractivity contribution in [3.05, 3.63) is 10.6 Å². The number of rotatable bonds is 5. The van der Waals surface area contributed by atoms with E-state index in [2.05, 4.69) is 0 Å². The molecule has 4 aliphatic rings. The highest BCUT2D eigenvalue weighted by Gasteiger charge is 2.60. The number of fused-ring (bicyclic) bond motifs is 1. The van der Waals surface area contributed by atoms with Gasteiger partial charge in [-0.25, -0.2) is 4.79 Å². The average Bonchev–Trinajstić information content (AvgIpc) is 3.23. The monoisotopic (exact) mass is 480 g/mol. The van der Waals surface area contributed by atoms with Crippen molar-refractivity contribution >= 4 is 35.5 Å². The number of likely N-dealkylation sites (tertiary alicyclic amines) is 1. The highest BCUT2D eigenvalue weighted by Crippen LogP contribution is 2.52. The van der Waals surface area contributed by atoms with E-state index in [1.807, 2.05) is 23.8 Å². The van der Waals surface area contributed by atoms with Crippen LogP contribution in [0.2, 0.25) is 0 Å². The Labute approximate surface area is 197 Å². The molecule has 0 saturated carbocycles. The molecule has 3 saturated heterocycles. The molecular weight excluding hydrogens is 448 g/mol. The molecule has 0 spiro atoms. The number of hydrogen-bond acceptors (Lipinski definition) is 7. The maximum Gasteiger partial charge on any atom is 0.353 e. The molecule has 1 unspecified atom stereocenters. The molecule has 0 bridgehead atoms. The molecule has 3 fully saturated rings. The number of hydrogen-bond donors (Lipinski definition) is 4. The molecule has 5 N–H and O–H groups in total. The van der Waals surface area contributed by atoms with E-state index in [1.165, 1.54) is 16.7 Å². The number of carbonyl (C=O) groups excluding carboxylic acids is 2. The van der Waals surface area contributed by atoms with E-state index in [0.717, 1.165) is 0 Å². The minimum atomic E-state index is -1.13. The van der Waals surface area contributed by atoms with E-state index < -0.39 is 18.0 Å². The van der Waals surface area contributed by atoms with Gasteiger partial charge in [0.25, 0.3) is 0 Å². The van der Waals surface area contributed by atoms with Crippen molar-refractivity contribution in [2.24, 2.45) is 17.6 Å². The van der Waals surface area contributed by atoms with Crippen molar-refractivity contribution in [3.63, 3.8) is 0 Å². The molecule has 33 heavy (non-hydrogen) atoms. The number of nitrogens with one attached hydrogen (secondary N) is 1. The van der Waals surface area contributed by atoms with Crippen LogP contribution in [0, 0.1) is 17.2 Å². The van der Waals surface area contributed by atoms with E-state index in [0.29, 0.717) is 44.0 Å². The number of carboxylic acids is 1. The van der Waals surface area contributed by atoms with Crippen molar-refractivity contribution in [3.8, 4) is 0 Å². The molecule has 0 aromatic heterocycles. The van der Waals surface area contributed by atoms with Crippen LogP contribution in [-0.2, 0) is 14.4 Å². The van der Waals surface area contributed by atoms with Crippen molar-refractivity contribution in [1.29, 1.82) is 5.41 Å². The Balaban J connectivity index is 1.44. The lowest BCUT2D eigenvalue weighted by atomic mass is 9.79. The number of carboxylic acid groups (broad SMARTS) is 1. The quantitative estimate of drug-likeness (QED) is 0.220. The Bertz CT molecular complexity index is 902. The second-order valence-corrected chi connectivity index (χ2v) is 10.7. The predicted octanol–water partition coefficient (Wildman–Crippen LogP) is -1.02. The molecule has 0 radical (unpaired) electrons. The number of nitrogens with zero attached hydrogens (tertiary/aromatic N) is 4. The number of β-lactam (4-membered cyclic amide) rings is 1. The summed E-state index contributed by atoms with van der Waals surface area (Å²) in [5, 5.41) is 27.4. The Morgan fingerprint density at radius 1 is 1.21 bits per heavy atom. The minimum Gasteiger partial charge on any atom is -0.477 e. The van der Waals surface area contributed by atoms with Gasteiger partial charge in [0.2, 0.25) is 11.8 Å². The zero-order valence-corrected chi connectivity index (χ0v) is 19.9. The van der Waals surface area contributed by atoms with Gasteiger partial charge in [-0.15, -0.1) is 11.8 Å². The molecule has 11 nitrogen and oxygen atoms in total. The van der Waals surface area contributed by atoms with Crippen LogP contribution in [0.25, 0.3) is 0 Å². The number of piperazine rings is 1. The minimum absolute atomic E-state index is 0.0192. The first kappa shape index (κ1) is 23.8. The van der Waals surface area contributed by atoms with Crippen LogP contribution in [0.4, 0.5) is 0 Å². The van der Waals surface area contributed by atoms with Crippen LogP contribution in [0.3, 0.4) is 0 Å². The predicted molar refractivity (Wildman–Crippen MR) is 122 cm³/mol. The van der Waals surface area contributed by atoms with Gasteiger partial charge in [-0.2, -0.15) is 0 Å². The van der Waals surface area contributed by atoms with E-state index in [-0.39, 0.29) is 46.7 Å². The first-order valence-corrected chi connectivity index (χ1v) is 12.1. The van der Waals surface area contributed by atoms with Crippen molar-refractivity contribution in [1.82, 2.24) is 19.6 Å². The number of nitrogens with two attached hydrogens (primary N) is 1. The number of carbonyl (C=O) groups is 3. The highest BCUT2D eigenvalue weighted by atomic mass is 32.2. The van der Waals surface area contributed by atoms with Gasteiger partial charge in [0.1, 0.15) is 5.70 Å². The van der Waals surface area contributed by atoms with E-state index in [1.54, 1.807) is 11.8 Å². The summed E-state index contributed by atoms with van der Waals surface area (Å²) in [6, 6.07) is -0.624. The molecular formula is C21H32N6O5S. The molecule has 0 aliphatic carbocycles. The van der Waals surface area contributed by atoms with Gasteiger partial charge in [0.05, 0.1) is 24.1 Å². The second-order valence-electron chi connectivity index (χ2n) is 9.40. The lowest BCUT2D eigenvalue weighted by Gasteiger charge is -2.46. The Morgan fingerprint density at radius 2 is 1.82 bits per heavy atom. The van der Waals surface area contributed by atoms with E-state index >= 15 is 0 Å². The fourth-order valence-corrected chi connectivity index (χ4v) is 7.16. The first-order valence-electron chi connectivity index (χ1n) is 11.3. The summed E-state index contributed by atoms with van der Waals surface area (Å²) in [5.41, 5.74) is 5.57. The first-order chi connectivity index (χ1) is 15.5. The summed E-state index contributed by atoms with van der Waals surface area (Å²) in [5.74, 6) is -2.17. The fraction of sp³-hybridized carbons (Fsp3) is 0.714. The largest absolute Gasteiger partial charge is 0.477 e. The SMILES string of the molecule is CC(O)[C@H]1C(=O)N2C(C(=O)O)=C(S[C@H]3C[C@@H](C(=O)N4CCN(C(=N)N)CC4)N(C)C3)[C@H](C)[C@H]12. The van der Waals surface area contributed by atoms with Gasteiger partial charge in [-0.05, 0) is 20.4 Å². The Kier molecular flexibility index (Phi) is 6.36. The smallest absolute Gasteiger partial charge is 0.353 e. The third kappa shape index (κ3) is 3.97. The zero-order valence-electron chi connectivity index (χ0n) is 19.1. The van der Waals surface area contributed by atoms with Crippen LogP contribution >= 0.6 is 11.8 Å². The van der Waals surface area contributed by atoms with Gasteiger partial charge in [0.15, 0.2) is 5.96 Å². The maximum atomic E-state index is 13.2.